The van der Waals surface area contributed by atoms with Gasteiger partial charge in [0, 0.05) is 22.5 Å². The predicted octanol–water partition coefficient (Wildman–Crippen LogP) is 5.57. The molecular weight excluding hydrogens is 459 g/mol. The van der Waals surface area contributed by atoms with E-state index in [0.29, 0.717) is 44.3 Å². The summed E-state index contributed by atoms with van der Waals surface area (Å²) in [6, 6.07) is 17.7. The van der Waals surface area contributed by atoms with Gasteiger partial charge >= 0.3 is 0 Å². The average molecular weight is 477 g/mol. The Morgan fingerprint density at radius 1 is 1.06 bits per heavy atom. The van der Waals surface area contributed by atoms with Crippen molar-refractivity contribution in [2.75, 3.05) is 10.6 Å². The van der Waals surface area contributed by atoms with Gasteiger partial charge in [-0.1, -0.05) is 47.5 Å². The molecule has 0 saturated heterocycles. The van der Waals surface area contributed by atoms with Gasteiger partial charge in [-0.3, -0.25) is 9.78 Å². The number of fused-ring (bicyclic) bond motifs is 1. The molecule has 0 aliphatic carbocycles. The van der Waals surface area contributed by atoms with Crippen LogP contribution in [0, 0.1) is 0 Å². The topological polar surface area (TPSA) is 84.7 Å². The second kappa shape index (κ2) is 8.69. The summed E-state index contributed by atoms with van der Waals surface area (Å²) in [5, 5.41) is 12.0. The van der Waals surface area contributed by atoms with E-state index < -0.39 is 6.04 Å². The van der Waals surface area contributed by atoms with Crippen LogP contribution in [0.1, 0.15) is 18.5 Å². The summed E-state index contributed by atoms with van der Waals surface area (Å²) in [7, 11) is 0. The Morgan fingerprint density at radius 3 is 2.58 bits per heavy atom. The molecule has 7 nitrogen and oxygen atoms in total. The van der Waals surface area contributed by atoms with Crippen LogP contribution < -0.4 is 10.6 Å². The van der Waals surface area contributed by atoms with Crippen LogP contribution in [0.2, 0.25) is 10.0 Å². The number of carbonyl (C=O) groups is 1. The first-order chi connectivity index (χ1) is 16.0. The van der Waals surface area contributed by atoms with E-state index >= 15 is 0 Å². The molecule has 0 unspecified atom stereocenters. The molecule has 1 aliphatic heterocycles. The molecule has 0 saturated carbocycles. The number of nitrogens with zero attached hydrogens (tertiary/aromatic N) is 4. The van der Waals surface area contributed by atoms with Crippen LogP contribution in [0.4, 0.5) is 11.6 Å². The Kier molecular flexibility index (Phi) is 5.58. The van der Waals surface area contributed by atoms with E-state index in [2.05, 4.69) is 20.6 Å². The highest BCUT2D eigenvalue weighted by molar-refractivity contribution is 6.33. The van der Waals surface area contributed by atoms with Crippen LogP contribution in [0.25, 0.3) is 11.4 Å². The summed E-state index contributed by atoms with van der Waals surface area (Å²) >= 11 is 12.5. The lowest BCUT2D eigenvalue weighted by atomic mass is 9.95. The number of carbonyl (C=O) groups excluding carboxylic acids is 1. The van der Waals surface area contributed by atoms with Crippen LogP contribution in [-0.4, -0.2) is 25.7 Å². The Labute approximate surface area is 200 Å². The zero-order valence-corrected chi connectivity index (χ0v) is 19.0. The number of rotatable bonds is 4. The van der Waals surface area contributed by atoms with Crippen molar-refractivity contribution in [3.63, 3.8) is 0 Å². The lowest BCUT2D eigenvalue weighted by molar-refractivity contribution is -0.113. The van der Waals surface area contributed by atoms with Crippen molar-refractivity contribution in [2.24, 2.45) is 0 Å². The minimum Gasteiger partial charge on any atom is -0.328 e. The van der Waals surface area contributed by atoms with Crippen molar-refractivity contribution >= 4 is 40.7 Å². The van der Waals surface area contributed by atoms with E-state index in [1.807, 2.05) is 37.3 Å². The number of benzene rings is 2. The molecular formula is C24H18Cl2N6O. The van der Waals surface area contributed by atoms with Gasteiger partial charge in [-0.2, -0.15) is 4.98 Å². The van der Waals surface area contributed by atoms with Crippen molar-refractivity contribution in [1.29, 1.82) is 0 Å². The number of pyridine rings is 1. The van der Waals surface area contributed by atoms with E-state index in [1.54, 1.807) is 47.4 Å². The summed E-state index contributed by atoms with van der Waals surface area (Å²) in [4.78, 5) is 22.2. The monoisotopic (exact) mass is 476 g/mol. The third-order valence-electron chi connectivity index (χ3n) is 5.32. The number of allylic oxidation sites excluding steroid dienone is 1. The number of halogens is 2. The summed E-state index contributed by atoms with van der Waals surface area (Å²) in [5.74, 6) is 0.706. The third-order valence-corrected chi connectivity index (χ3v) is 5.90. The third kappa shape index (κ3) is 4.08. The largest absolute Gasteiger partial charge is 0.328 e. The van der Waals surface area contributed by atoms with Gasteiger partial charge in [0.05, 0.1) is 22.5 Å². The molecule has 33 heavy (non-hydrogen) atoms. The van der Waals surface area contributed by atoms with Crippen LogP contribution in [0.5, 0.6) is 0 Å². The van der Waals surface area contributed by atoms with E-state index in [9.17, 15) is 4.79 Å². The zero-order valence-electron chi connectivity index (χ0n) is 17.5. The molecule has 2 N–H and O–H groups in total. The lowest BCUT2D eigenvalue weighted by Crippen LogP contribution is -2.31. The standard InChI is InChI=1S/C24H18Cl2N6O/c1-14-20(23(33)29-17-5-4-12-27-13-17)21(15-8-10-16(25)11-9-15)32-24(28-14)30-22(31-32)18-6-2-3-7-19(18)26/h2-13,21H,1H3,(H,29,33)(H,28,30,31)/t21-/m1/s1. The Morgan fingerprint density at radius 2 is 1.85 bits per heavy atom. The molecule has 2 aromatic heterocycles. The fourth-order valence-corrected chi connectivity index (χ4v) is 4.14. The highest BCUT2D eigenvalue weighted by atomic mass is 35.5. The number of hydrogen-bond acceptors (Lipinski definition) is 5. The highest BCUT2D eigenvalue weighted by Crippen LogP contribution is 2.38. The molecule has 1 amide bonds. The molecule has 0 bridgehead atoms. The second-order valence-corrected chi connectivity index (χ2v) is 8.34. The number of amides is 1. The maximum atomic E-state index is 13.4. The maximum absolute atomic E-state index is 13.4. The first kappa shape index (κ1) is 21.2. The van der Waals surface area contributed by atoms with Gasteiger partial charge in [0.2, 0.25) is 5.95 Å². The molecule has 5 rings (SSSR count). The van der Waals surface area contributed by atoms with Crippen LogP contribution in [-0.2, 0) is 4.79 Å². The summed E-state index contributed by atoms with van der Waals surface area (Å²) in [6.45, 7) is 1.84. The van der Waals surface area contributed by atoms with Gasteiger partial charge in [0.15, 0.2) is 5.82 Å². The van der Waals surface area contributed by atoms with Crippen molar-refractivity contribution in [3.05, 3.63) is 99.9 Å². The first-order valence-electron chi connectivity index (χ1n) is 10.2. The molecule has 9 heteroatoms. The molecule has 1 aliphatic rings. The molecule has 1 atom stereocenters. The molecule has 2 aromatic carbocycles. The van der Waals surface area contributed by atoms with Gasteiger partial charge < -0.3 is 10.6 Å². The van der Waals surface area contributed by atoms with Crippen LogP contribution in [0.3, 0.4) is 0 Å². The molecule has 3 heterocycles. The maximum Gasteiger partial charge on any atom is 0.255 e. The number of anilines is 2. The van der Waals surface area contributed by atoms with Crippen LogP contribution >= 0.6 is 23.2 Å². The van der Waals surface area contributed by atoms with Crippen molar-refractivity contribution < 1.29 is 4.79 Å². The van der Waals surface area contributed by atoms with Gasteiger partial charge in [-0.25, -0.2) is 4.68 Å². The predicted molar refractivity (Wildman–Crippen MR) is 129 cm³/mol. The lowest BCUT2D eigenvalue weighted by Gasteiger charge is -2.28. The summed E-state index contributed by atoms with van der Waals surface area (Å²) < 4.78 is 1.70. The van der Waals surface area contributed by atoms with Crippen molar-refractivity contribution in [3.8, 4) is 11.4 Å². The number of nitrogens with one attached hydrogen (secondary N) is 2. The van der Waals surface area contributed by atoms with E-state index in [-0.39, 0.29) is 5.91 Å². The van der Waals surface area contributed by atoms with Crippen LogP contribution in [0.15, 0.2) is 84.3 Å². The van der Waals surface area contributed by atoms with Gasteiger partial charge in [0.25, 0.3) is 5.91 Å². The quantitative estimate of drug-likeness (QED) is 0.401. The van der Waals surface area contributed by atoms with Gasteiger partial charge in [-0.15, -0.1) is 5.10 Å². The van der Waals surface area contributed by atoms with Gasteiger partial charge in [0.1, 0.15) is 6.04 Å². The second-order valence-electron chi connectivity index (χ2n) is 7.50. The van der Waals surface area contributed by atoms with Crippen molar-refractivity contribution in [2.45, 2.75) is 13.0 Å². The Hall–Kier alpha value is -3.68. The highest BCUT2D eigenvalue weighted by Gasteiger charge is 2.34. The molecule has 0 fully saturated rings. The minimum absolute atomic E-state index is 0.270. The average Bonchev–Trinajstić information content (AvgIpc) is 3.23. The van der Waals surface area contributed by atoms with Crippen molar-refractivity contribution in [1.82, 2.24) is 19.7 Å². The fraction of sp³-hybridized carbons (Fsp3) is 0.0833. The summed E-state index contributed by atoms with van der Waals surface area (Å²) in [5.41, 5.74) is 3.32. The Balaban J connectivity index is 1.62. The SMILES string of the molecule is CC1=C(C(=O)Nc2cccnc2)[C@@H](c2ccc(Cl)cc2)n2nc(-c3ccccc3Cl)nc2N1. The normalized spacial score (nSPS) is 15.1. The summed E-state index contributed by atoms with van der Waals surface area (Å²) in [6.07, 6.45) is 3.24. The van der Waals surface area contributed by atoms with E-state index in [1.165, 1.54) is 0 Å². The first-order valence-corrected chi connectivity index (χ1v) is 10.9. The van der Waals surface area contributed by atoms with E-state index in [4.69, 9.17) is 28.3 Å². The molecule has 164 valence electrons. The minimum atomic E-state index is -0.529. The molecule has 0 spiro atoms. The fourth-order valence-electron chi connectivity index (χ4n) is 3.79. The Bertz CT molecular complexity index is 1370. The number of aromatic nitrogens is 4. The van der Waals surface area contributed by atoms with Gasteiger partial charge in [-0.05, 0) is 48.9 Å². The molecule has 0 radical (unpaired) electrons. The van der Waals surface area contributed by atoms with E-state index in [0.717, 1.165) is 5.56 Å². The number of hydrogen-bond donors (Lipinski definition) is 2. The zero-order chi connectivity index (χ0) is 22.9. The smallest absolute Gasteiger partial charge is 0.255 e. The molecule has 4 aromatic rings.